The van der Waals surface area contributed by atoms with Crippen molar-refractivity contribution in [2.75, 3.05) is 19.3 Å². The maximum absolute atomic E-state index is 12.7. The molecule has 1 heterocycles. The van der Waals surface area contributed by atoms with E-state index in [0.717, 1.165) is 19.1 Å². The highest BCUT2D eigenvalue weighted by Gasteiger charge is 2.45. The molecule has 3 unspecified atom stereocenters. The van der Waals surface area contributed by atoms with Crippen LogP contribution in [0.3, 0.4) is 0 Å². The van der Waals surface area contributed by atoms with E-state index in [1.54, 1.807) is 0 Å². The van der Waals surface area contributed by atoms with Gasteiger partial charge in [-0.25, -0.2) is 16.8 Å². The zero-order chi connectivity index (χ0) is 16.1. The molecule has 0 amide bonds. The number of hydrogen-bond donors (Lipinski definition) is 1. The molecule has 2 fully saturated rings. The second-order valence-electron chi connectivity index (χ2n) is 6.23. The Morgan fingerprint density at radius 1 is 1.00 bits per heavy atom. The molecule has 2 N–H and O–H groups in total. The largest absolute Gasteiger partial charge is 0.327 e. The highest BCUT2D eigenvalue weighted by molar-refractivity contribution is 7.90. The van der Waals surface area contributed by atoms with E-state index in [1.165, 1.54) is 28.6 Å². The second-order valence-corrected chi connectivity index (χ2v) is 10.2. The Labute approximate surface area is 143 Å². The van der Waals surface area contributed by atoms with Gasteiger partial charge in [-0.1, -0.05) is 0 Å². The Hall–Kier alpha value is -0.670. The van der Waals surface area contributed by atoms with Gasteiger partial charge in [-0.05, 0) is 48.9 Å². The summed E-state index contributed by atoms with van der Waals surface area (Å²) in [4.78, 5) is 0.250. The molecule has 23 heavy (non-hydrogen) atoms. The first kappa shape index (κ1) is 18.7. The van der Waals surface area contributed by atoms with Gasteiger partial charge in [0.25, 0.3) is 0 Å². The number of nitrogens with two attached hydrogens (primary N) is 1. The van der Waals surface area contributed by atoms with E-state index < -0.39 is 19.9 Å². The number of nitrogens with zero attached hydrogens (tertiary/aromatic N) is 1. The Morgan fingerprint density at radius 3 is 2.09 bits per heavy atom. The van der Waals surface area contributed by atoms with Crippen LogP contribution in [0, 0.1) is 11.8 Å². The van der Waals surface area contributed by atoms with Gasteiger partial charge >= 0.3 is 0 Å². The molecule has 0 aromatic heterocycles. The lowest BCUT2D eigenvalue weighted by atomic mass is 9.98. The van der Waals surface area contributed by atoms with E-state index in [1.807, 2.05) is 0 Å². The van der Waals surface area contributed by atoms with Gasteiger partial charge in [0.1, 0.15) is 0 Å². The number of sulfone groups is 1. The summed E-state index contributed by atoms with van der Waals surface area (Å²) >= 11 is 0. The van der Waals surface area contributed by atoms with E-state index in [4.69, 9.17) is 5.73 Å². The molecule has 3 rings (SSSR count). The fourth-order valence-corrected chi connectivity index (χ4v) is 5.64. The van der Waals surface area contributed by atoms with Crippen LogP contribution in [-0.4, -0.2) is 46.5 Å². The van der Waals surface area contributed by atoms with E-state index in [9.17, 15) is 16.8 Å². The number of sulfonamides is 1. The molecule has 1 aliphatic heterocycles. The molecular weight excluding hydrogens is 360 g/mol. The maximum Gasteiger partial charge on any atom is 0.243 e. The monoisotopic (exact) mass is 380 g/mol. The normalized spacial score (nSPS) is 28.3. The predicted molar refractivity (Wildman–Crippen MR) is 89.7 cm³/mol. The SMILES string of the molecule is CS(=O)(=O)c1ccc(S(=O)(=O)N2CC3CCC(N)C3C2)cc1.Cl. The Bertz CT molecular complexity index is 778. The standard InChI is InChI=1S/C14H20N2O4S2.ClH/c1-21(17,18)11-3-5-12(6-4-11)22(19,20)16-8-10-2-7-14(15)13(10)9-16;/h3-6,10,13-14H,2,7-9,15H2,1H3;1H. The van der Waals surface area contributed by atoms with Gasteiger partial charge in [0.05, 0.1) is 9.79 Å². The molecule has 6 nitrogen and oxygen atoms in total. The van der Waals surface area contributed by atoms with Crippen molar-refractivity contribution in [3.05, 3.63) is 24.3 Å². The summed E-state index contributed by atoms with van der Waals surface area (Å²) in [7, 11) is -6.91. The third-order valence-electron chi connectivity index (χ3n) is 4.77. The average molecular weight is 381 g/mol. The summed E-state index contributed by atoms with van der Waals surface area (Å²) in [6.45, 7) is 0.969. The Kier molecular flexibility index (Phi) is 5.13. The molecule has 130 valence electrons. The number of fused-ring (bicyclic) bond motifs is 1. The van der Waals surface area contributed by atoms with Crippen LogP contribution in [0.4, 0.5) is 0 Å². The van der Waals surface area contributed by atoms with E-state index in [0.29, 0.717) is 19.0 Å². The molecule has 1 aromatic carbocycles. The van der Waals surface area contributed by atoms with Crippen molar-refractivity contribution < 1.29 is 16.8 Å². The summed E-state index contributed by atoms with van der Waals surface area (Å²) in [5, 5.41) is 0. The zero-order valence-corrected chi connectivity index (χ0v) is 15.2. The predicted octanol–water partition coefficient (Wildman–Crippen LogP) is 0.870. The van der Waals surface area contributed by atoms with Gasteiger partial charge in [-0.15, -0.1) is 12.4 Å². The van der Waals surface area contributed by atoms with E-state index in [-0.39, 0.29) is 34.2 Å². The van der Waals surface area contributed by atoms with Crippen LogP contribution in [0.5, 0.6) is 0 Å². The first-order valence-corrected chi connectivity index (χ1v) is 10.6. The summed E-state index contributed by atoms with van der Waals surface area (Å²) in [5.74, 6) is 0.588. The Balaban J connectivity index is 0.00000192. The molecule has 9 heteroatoms. The van der Waals surface area contributed by atoms with Gasteiger partial charge in [-0.2, -0.15) is 4.31 Å². The minimum absolute atomic E-state index is 0. The minimum Gasteiger partial charge on any atom is -0.327 e. The number of benzene rings is 1. The van der Waals surface area contributed by atoms with Crippen LogP contribution in [0.15, 0.2) is 34.1 Å². The third-order valence-corrected chi connectivity index (χ3v) is 7.74. The van der Waals surface area contributed by atoms with E-state index >= 15 is 0 Å². The van der Waals surface area contributed by atoms with Crippen molar-refractivity contribution in [1.82, 2.24) is 4.31 Å². The molecule has 1 saturated heterocycles. The van der Waals surface area contributed by atoms with Crippen LogP contribution in [-0.2, 0) is 19.9 Å². The molecule has 0 bridgehead atoms. The highest BCUT2D eigenvalue weighted by Crippen LogP contribution is 2.39. The summed E-state index contributed by atoms with van der Waals surface area (Å²) in [6, 6.07) is 5.48. The zero-order valence-electron chi connectivity index (χ0n) is 12.8. The molecule has 0 spiro atoms. The molecule has 0 radical (unpaired) electrons. The smallest absolute Gasteiger partial charge is 0.243 e. The molecule has 3 atom stereocenters. The molecule has 1 aromatic rings. The highest BCUT2D eigenvalue weighted by atomic mass is 35.5. The minimum atomic E-state index is -3.58. The molecule has 2 aliphatic rings. The quantitative estimate of drug-likeness (QED) is 0.839. The fraction of sp³-hybridized carbons (Fsp3) is 0.571. The van der Waals surface area contributed by atoms with Crippen molar-refractivity contribution in [2.45, 2.75) is 28.7 Å². The van der Waals surface area contributed by atoms with Crippen molar-refractivity contribution >= 4 is 32.3 Å². The lowest BCUT2D eigenvalue weighted by Crippen LogP contribution is -2.33. The van der Waals surface area contributed by atoms with Crippen LogP contribution in [0.2, 0.25) is 0 Å². The number of rotatable bonds is 3. The summed E-state index contributed by atoms with van der Waals surface area (Å²) in [6.07, 6.45) is 3.04. The van der Waals surface area contributed by atoms with Gasteiger partial charge in [-0.3, -0.25) is 0 Å². The van der Waals surface area contributed by atoms with Gasteiger partial charge in [0.15, 0.2) is 9.84 Å². The molecule has 1 saturated carbocycles. The van der Waals surface area contributed by atoms with Gasteiger partial charge in [0.2, 0.25) is 10.0 Å². The Morgan fingerprint density at radius 2 is 1.57 bits per heavy atom. The van der Waals surface area contributed by atoms with Crippen molar-refractivity contribution in [1.29, 1.82) is 0 Å². The van der Waals surface area contributed by atoms with Crippen molar-refractivity contribution in [3.8, 4) is 0 Å². The first-order valence-electron chi connectivity index (χ1n) is 7.25. The van der Waals surface area contributed by atoms with Gasteiger partial charge in [0, 0.05) is 25.4 Å². The first-order chi connectivity index (χ1) is 10.2. The van der Waals surface area contributed by atoms with Gasteiger partial charge < -0.3 is 5.73 Å². The maximum atomic E-state index is 12.7. The molecular formula is C14H21ClN2O4S2. The topological polar surface area (TPSA) is 97.5 Å². The lowest BCUT2D eigenvalue weighted by molar-refractivity contribution is 0.427. The van der Waals surface area contributed by atoms with Crippen LogP contribution < -0.4 is 5.73 Å². The number of hydrogen-bond acceptors (Lipinski definition) is 5. The van der Waals surface area contributed by atoms with E-state index in [2.05, 4.69) is 0 Å². The number of halogens is 1. The van der Waals surface area contributed by atoms with Crippen LogP contribution in [0.1, 0.15) is 12.8 Å². The second kappa shape index (κ2) is 6.33. The summed E-state index contributed by atoms with van der Waals surface area (Å²) in [5.41, 5.74) is 6.04. The third kappa shape index (κ3) is 3.41. The van der Waals surface area contributed by atoms with Crippen molar-refractivity contribution in [2.24, 2.45) is 17.6 Å². The lowest BCUT2D eigenvalue weighted by Gasteiger charge is -2.18. The summed E-state index contributed by atoms with van der Waals surface area (Å²) < 4.78 is 49.7. The van der Waals surface area contributed by atoms with Crippen LogP contribution in [0.25, 0.3) is 0 Å². The average Bonchev–Trinajstić information content (AvgIpc) is 3.01. The van der Waals surface area contributed by atoms with Crippen molar-refractivity contribution in [3.63, 3.8) is 0 Å². The molecule has 1 aliphatic carbocycles. The fourth-order valence-electron chi connectivity index (χ4n) is 3.47. The van der Waals surface area contributed by atoms with Crippen LogP contribution >= 0.6 is 12.4 Å².